The van der Waals surface area contributed by atoms with Crippen LogP contribution in [0.25, 0.3) is 0 Å². The van der Waals surface area contributed by atoms with Gasteiger partial charge in [0.25, 0.3) is 0 Å². The molecule has 1 aromatic rings. The Balaban J connectivity index is 2.34. The number of β-amino-alcohol motifs (C(OH)–C–C–N with tert-alkyl or cyclic N) is 1. The van der Waals surface area contributed by atoms with Crippen LogP contribution < -0.4 is 4.90 Å². The highest BCUT2D eigenvalue weighted by Crippen LogP contribution is 2.28. The summed E-state index contributed by atoms with van der Waals surface area (Å²) in [5.74, 6) is -1.39. The molecule has 0 spiro atoms. The summed E-state index contributed by atoms with van der Waals surface area (Å²) in [6, 6.07) is 2.23. The van der Waals surface area contributed by atoms with Gasteiger partial charge in [-0.05, 0) is 24.1 Å². The van der Waals surface area contributed by atoms with Crippen molar-refractivity contribution in [3.8, 4) is 0 Å². The summed E-state index contributed by atoms with van der Waals surface area (Å²) in [5, 5.41) is 18.1. The standard InChI is InChI=1S/C11H13F2NO2/c12-9-3-7(6-15)4-10(13)11(9)14-2-1-8(16)5-14/h3-4,8,15-16H,1-2,5-6H2. The second kappa shape index (κ2) is 4.35. The number of anilines is 1. The van der Waals surface area contributed by atoms with Gasteiger partial charge in [0.2, 0.25) is 0 Å². The Morgan fingerprint density at radius 2 is 1.94 bits per heavy atom. The van der Waals surface area contributed by atoms with Gasteiger partial charge in [-0.2, -0.15) is 0 Å². The van der Waals surface area contributed by atoms with Crippen molar-refractivity contribution >= 4 is 5.69 Å². The number of halogens is 2. The summed E-state index contributed by atoms with van der Waals surface area (Å²) in [5.41, 5.74) is 0.0900. The third kappa shape index (κ3) is 2.01. The fourth-order valence-electron chi connectivity index (χ4n) is 1.96. The molecule has 1 unspecified atom stereocenters. The SMILES string of the molecule is OCc1cc(F)c(N2CCC(O)C2)c(F)c1. The van der Waals surface area contributed by atoms with Crippen molar-refractivity contribution in [2.45, 2.75) is 19.1 Å². The number of benzene rings is 1. The minimum Gasteiger partial charge on any atom is -0.392 e. The molecular formula is C11H13F2NO2. The molecule has 5 heteroatoms. The minimum atomic E-state index is -0.696. The van der Waals surface area contributed by atoms with Crippen LogP contribution in [0.1, 0.15) is 12.0 Å². The molecule has 1 aliphatic heterocycles. The van der Waals surface area contributed by atoms with Gasteiger partial charge in [-0.3, -0.25) is 0 Å². The molecular weight excluding hydrogens is 216 g/mol. The second-order valence-corrected chi connectivity index (χ2v) is 3.95. The number of nitrogens with zero attached hydrogens (tertiary/aromatic N) is 1. The summed E-state index contributed by atoms with van der Waals surface area (Å²) in [6.07, 6.45) is -0.0167. The zero-order chi connectivity index (χ0) is 11.7. The molecule has 0 saturated carbocycles. The third-order valence-electron chi connectivity index (χ3n) is 2.74. The number of aliphatic hydroxyl groups is 2. The predicted molar refractivity (Wildman–Crippen MR) is 55.1 cm³/mol. The molecule has 1 aromatic carbocycles. The van der Waals surface area contributed by atoms with E-state index in [0.29, 0.717) is 13.0 Å². The molecule has 16 heavy (non-hydrogen) atoms. The van der Waals surface area contributed by atoms with Crippen LogP contribution in [0.2, 0.25) is 0 Å². The lowest BCUT2D eigenvalue weighted by molar-refractivity contribution is 0.198. The van der Waals surface area contributed by atoms with E-state index >= 15 is 0 Å². The Kier molecular flexibility index (Phi) is 3.07. The fourth-order valence-corrected chi connectivity index (χ4v) is 1.96. The molecule has 3 nitrogen and oxygen atoms in total. The molecule has 1 heterocycles. The highest BCUT2D eigenvalue weighted by molar-refractivity contribution is 5.51. The predicted octanol–water partition coefficient (Wildman–Crippen LogP) is 1.03. The van der Waals surface area contributed by atoms with Crippen molar-refractivity contribution in [2.75, 3.05) is 18.0 Å². The van der Waals surface area contributed by atoms with Gasteiger partial charge in [0.15, 0.2) is 0 Å². The lowest BCUT2D eigenvalue weighted by Gasteiger charge is -2.19. The highest BCUT2D eigenvalue weighted by Gasteiger charge is 2.25. The molecule has 0 aliphatic carbocycles. The lowest BCUT2D eigenvalue weighted by Crippen LogP contribution is -2.23. The maximum Gasteiger partial charge on any atom is 0.149 e. The molecule has 1 fully saturated rings. The van der Waals surface area contributed by atoms with Crippen LogP contribution in [0.5, 0.6) is 0 Å². The zero-order valence-electron chi connectivity index (χ0n) is 8.66. The highest BCUT2D eigenvalue weighted by atomic mass is 19.1. The first-order valence-electron chi connectivity index (χ1n) is 5.13. The molecule has 0 bridgehead atoms. The molecule has 0 aromatic heterocycles. The molecule has 2 N–H and O–H groups in total. The summed E-state index contributed by atoms with van der Waals surface area (Å²) >= 11 is 0. The van der Waals surface area contributed by atoms with E-state index in [1.165, 1.54) is 4.90 Å². The lowest BCUT2D eigenvalue weighted by atomic mass is 10.2. The topological polar surface area (TPSA) is 43.7 Å². The van der Waals surface area contributed by atoms with E-state index < -0.39 is 24.3 Å². The molecule has 0 radical (unpaired) electrons. The van der Waals surface area contributed by atoms with Crippen LogP contribution in [0, 0.1) is 11.6 Å². The Hall–Kier alpha value is -1.20. The maximum atomic E-state index is 13.6. The Morgan fingerprint density at radius 1 is 1.31 bits per heavy atom. The van der Waals surface area contributed by atoms with Gasteiger partial charge in [0, 0.05) is 13.1 Å². The normalized spacial score (nSPS) is 20.5. The maximum absolute atomic E-state index is 13.6. The van der Waals surface area contributed by atoms with Crippen molar-refractivity contribution in [2.24, 2.45) is 0 Å². The Bertz CT molecular complexity index is 375. The van der Waals surface area contributed by atoms with Crippen molar-refractivity contribution in [3.05, 3.63) is 29.3 Å². The van der Waals surface area contributed by atoms with Gasteiger partial charge in [0.05, 0.1) is 12.7 Å². The van der Waals surface area contributed by atoms with E-state index in [-0.39, 0.29) is 17.8 Å². The van der Waals surface area contributed by atoms with Gasteiger partial charge in [0.1, 0.15) is 17.3 Å². The van der Waals surface area contributed by atoms with Crippen LogP contribution in [-0.2, 0) is 6.61 Å². The molecule has 2 rings (SSSR count). The largest absolute Gasteiger partial charge is 0.392 e. The van der Waals surface area contributed by atoms with Crippen molar-refractivity contribution in [3.63, 3.8) is 0 Å². The number of aliphatic hydroxyl groups excluding tert-OH is 2. The average Bonchev–Trinajstić information content (AvgIpc) is 2.63. The molecule has 88 valence electrons. The van der Waals surface area contributed by atoms with Crippen molar-refractivity contribution < 1.29 is 19.0 Å². The van der Waals surface area contributed by atoms with Crippen molar-refractivity contribution in [1.82, 2.24) is 0 Å². The number of hydrogen-bond donors (Lipinski definition) is 2. The molecule has 0 amide bonds. The van der Waals surface area contributed by atoms with Gasteiger partial charge in [-0.15, -0.1) is 0 Å². The van der Waals surface area contributed by atoms with E-state index in [4.69, 9.17) is 5.11 Å². The summed E-state index contributed by atoms with van der Waals surface area (Å²) in [7, 11) is 0. The fraction of sp³-hybridized carbons (Fsp3) is 0.455. The van der Waals surface area contributed by atoms with Gasteiger partial charge in [-0.25, -0.2) is 8.78 Å². The first-order valence-corrected chi connectivity index (χ1v) is 5.13. The van der Waals surface area contributed by atoms with E-state index in [2.05, 4.69) is 0 Å². The van der Waals surface area contributed by atoms with Gasteiger partial charge in [-0.1, -0.05) is 0 Å². The van der Waals surface area contributed by atoms with Crippen LogP contribution in [0.15, 0.2) is 12.1 Å². The van der Waals surface area contributed by atoms with Gasteiger partial charge < -0.3 is 15.1 Å². The number of hydrogen-bond acceptors (Lipinski definition) is 3. The zero-order valence-corrected chi connectivity index (χ0v) is 8.66. The number of rotatable bonds is 2. The second-order valence-electron chi connectivity index (χ2n) is 3.95. The van der Waals surface area contributed by atoms with Crippen LogP contribution in [0.4, 0.5) is 14.5 Å². The van der Waals surface area contributed by atoms with E-state index in [1.54, 1.807) is 0 Å². The first kappa shape index (κ1) is 11.3. The van der Waals surface area contributed by atoms with Crippen LogP contribution >= 0.6 is 0 Å². The van der Waals surface area contributed by atoms with Crippen LogP contribution in [0.3, 0.4) is 0 Å². The molecule has 1 saturated heterocycles. The van der Waals surface area contributed by atoms with Crippen LogP contribution in [-0.4, -0.2) is 29.4 Å². The monoisotopic (exact) mass is 229 g/mol. The van der Waals surface area contributed by atoms with Crippen molar-refractivity contribution in [1.29, 1.82) is 0 Å². The Morgan fingerprint density at radius 3 is 2.38 bits per heavy atom. The molecule has 1 aliphatic rings. The summed E-state index contributed by atoms with van der Waals surface area (Å²) in [6.45, 7) is 0.288. The first-order chi connectivity index (χ1) is 7.61. The Labute approximate surface area is 91.9 Å². The average molecular weight is 229 g/mol. The van der Waals surface area contributed by atoms with E-state index in [9.17, 15) is 13.9 Å². The van der Waals surface area contributed by atoms with E-state index in [0.717, 1.165) is 12.1 Å². The third-order valence-corrected chi connectivity index (χ3v) is 2.74. The van der Waals surface area contributed by atoms with E-state index in [1.807, 2.05) is 0 Å². The smallest absolute Gasteiger partial charge is 0.149 e. The summed E-state index contributed by atoms with van der Waals surface area (Å²) < 4.78 is 27.2. The van der Waals surface area contributed by atoms with Gasteiger partial charge >= 0.3 is 0 Å². The quantitative estimate of drug-likeness (QED) is 0.796. The molecule has 1 atom stereocenters. The minimum absolute atomic E-state index is 0.117. The summed E-state index contributed by atoms with van der Waals surface area (Å²) in [4.78, 5) is 1.48.